The summed E-state index contributed by atoms with van der Waals surface area (Å²) in [7, 11) is 5.33. The maximum absolute atomic E-state index is 11.9. The molecule has 1 aromatic carbocycles. The molecule has 1 aliphatic rings. The molecule has 5 heteroatoms. The molecule has 144 valence electrons. The van der Waals surface area contributed by atoms with E-state index in [0.717, 1.165) is 24.0 Å². The molecule has 0 bridgehead atoms. The Kier molecular flexibility index (Phi) is 8.45. The fourth-order valence-corrected chi connectivity index (χ4v) is 3.49. The van der Waals surface area contributed by atoms with Gasteiger partial charge in [0.15, 0.2) is 5.96 Å². The van der Waals surface area contributed by atoms with Gasteiger partial charge in [0, 0.05) is 39.8 Å². The van der Waals surface area contributed by atoms with Gasteiger partial charge in [-0.2, -0.15) is 0 Å². The molecule has 5 nitrogen and oxygen atoms in total. The molecule has 1 fully saturated rings. The molecule has 0 heterocycles. The van der Waals surface area contributed by atoms with Crippen molar-refractivity contribution in [3.8, 4) is 0 Å². The number of rotatable bonds is 8. The Bertz CT molecular complexity index is 574. The molecule has 0 saturated heterocycles. The van der Waals surface area contributed by atoms with Gasteiger partial charge < -0.3 is 15.5 Å². The summed E-state index contributed by atoms with van der Waals surface area (Å²) in [6.07, 6.45) is 9.62. The number of hydrogen-bond donors (Lipinski definition) is 2. The SMILES string of the molecule is CN=C(NCCCCC1CCCC1)NCc1ccc(C(=O)N(C)C)cc1. The fraction of sp³-hybridized carbons (Fsp3) is 0.619. The summed E-state index contributed by atoms with van der Waals surface area (Å²) in [5, 5.41) is 6.72. The molecule has 1 aromatic rings. The fourth-order valence-electron chi connectivity index (χ4n) is 3.49. The number of guanidine groups is 1. The van der Waals surface area contributed by atoms with E-state index >= 15 is 0 Å². The largest absolute Gasteiger partial charge is 0.356 e. The predicted molar refractivity (Wildman–Crippen MR) is 108 cm³/mol. The van der Waals surface area contributed by atoms with E-state index in [4.69, 9.17) is 0 Å². The monoisotopic (exact) mass is 358 g/mol. The Morgan fingerprint density at radius 3 is 2.42 bits per heavy atom. The molecule has 0 aromatic heterocycles. The van der Waals surface area contributed by atoms with Crippen LogP contribution in [0.5, 0.6) is 0 Å². The lowest BCUT2D eigenvalue weighted by Gasteiger charge is -2.13. The Hall–Kier alpha value is -2.04. The zero-order valence-electron chi connectivity index (χ0n) is 16.6. The summed E-state index contributed by atoms with van der Waals surface area (Å²) >= 11 is 0. The van der Waals surface area contributed by atoms with Gasteiger partial charge in [0.1, 0.15) is 0 Å². The van der Waals surface area contributed by atoms with Crippen LogP contribution in [0.4, 0.5) is 0 Å². The second-order valence-corrected chi connectivity index (χ2v) is 7.40. The van der Waals surface area contributed by atoms with Crippen molar-refractivity contribution >= 4 is 11.9 Å². The predicted octanol–water partition coefficient (Wildman–Crippen LogP) is 3.41. The molecule has 0 atom stereocenters. The summed E-state index contributed by atoms with van der Waals surface area (Å²) < 4.78 is 0. The number of aliphatic imine (C=N–C) groups is 1. The average molecular weight is 359 g/mol. The van der Waals surface area contributed by atoms with Gasteiger partial charge in [-0.25, -0.2) is 0 Å². The molecule has 26 heavy (non-hydrogen) atoms. The van der Waals surface area contributed by atoms with Crippen molar-refractivity contribution in [2.75, 3.05) is 27.7 Å². The molecule has 0 aliphatic heterocycles. The number of hydrogen-bond acceptors (Lipinski definition) is 2. The molecule has 0 unspecified atom stereocenters. The minimum Gasteiger partial charge on any atom is -0.356 e. The number of carbonyl (C=O) groups excluding carboxylic acids is 1. The molecular weight excluding hydrogens is 324 g/mol. The lowest BCUT2D eigenvalue weighted by molar-refractivity contribution is 0.0827. The van der Waals surface area contributed by atoms with Crippen LogP contribution < -0.4 is 10.6 Å². The molecule has 0 spiro atoms. The average Bonchev–Trinajstić information content (AvgIpc) is 3.17. The van der Waals surface area contributed by atoms with E-state index in [2.05, 4.69) is 15.6 Å². The van der Waals surface area contributed by atoms with Gasteiger partial charge in [-0.05, 0) is 30.0 Å². The number of amides is 1. The van der Waals surface area contributed by atoms with E-state index in [0.29, 0.717) is 12.1 Å². The van der Waals surface area contributed by atoms with Crippen molar-refractivity contribution in [2.24, 2.45) is 10.9 Å². The van der Waals surface area contributed by atoms with Crippen LogP contribution in [0.25, 0.3) is 0 Å². The van der Waals surface area contributed by atoms with Crippen LogP contribution in [0, 0.1) is 5.92 Å². The Morgan fingerprint density at radius 2 is 1.81 bits per heavy atom. The van der Waals surface area contributed by atoms with Crippen LogP contribution in [-0.4, -0.2) is 44.5 Å². The Balaban J connectivity index is 1.65. The topological polar surface area (TPSA) is 56.7 Å². The van der Waals surface area contributed by atoms with Gasteiger partial charge in [0.25, 0.3) is 5.91 Å². The highest BCUT2D eigenvalue weighted by Gasteiger charge is 2.13. The first-order chi connectivity index (χ1) is 12.6. The van der Waals surface area contributed by atoms with Crippen LogP contribution in [-0.2, 0) is 6.54 Å². The lowest BCUT2D eigenvalue weighted by atomic mass is 10.0. The molecule has 0 radical (unpaired) electrons. The highest BCUT2D eigenvalue weighted by molar-refractivity contribution is 5.93. The van der Waals surface area contributed by atoms with Gasteiger partial charge >= 0.3 is 0 Å². The number of carbonyl (C=O) groups is 1. The second kappa shape index (κ2) is 10.8. The van der Waals surface area contributed by atoms with Crippen molar-refractivity contribution in [1.29, 1.82) is 0 Å². The highest BCUT2D eigenvalue weighted by atomic mass is 16.2. The van der Waals surface area contributed by atoms with Crippen molar-refractivity contribution in [1.82, 2.24) is 15.5 Å². The van der Waals surface area contributed by atoms with E-state index < -0.39 is 0 Å². The van der Waals surface area contributed by atoms with Crippen LogP contribution in [0.3, 0.4) is 0 Å². The van der Waals surface area contributed by atoms with E-state index in [-0.39, 0.29) is 5.91 Å². The zero-order chi connectivity index (χ0) is 18.8. The van der Waals surface area contributed by atoms with Crippen LogP contribution in [0.2, 0.25) is 0 Å². The first-order valence-corrected chi connectivity index (χ1v) is 9.85. The second-order valence-electron chi connectivity index (χ2n) is 7.40. The summed E-state index contributed by atoms with van der Waals surface area (Å²) in [6.45, 7) is 1.65. The van der Waals surface area contributed by atoms with Gasteiger partial charge in [-0.1, -0.05) is 50.7 Å². The minimum absolute atomic E-state index is 0.0274. The third kappa shape index (κ3) is 6.70. The van der Waals surface area contributed by atoms with E-state index in [1.54, 1.807) is 26.0 Å². The smallest absolute Gasteiger partial charge is 0.253 e. The van der Waals surface area contributed by atoms with Crippen LogP contribution in [0.1, 0.15) is 60.9 Å². The van der Waals surface area contributed by atoms with Crippen molar-refractivity contribution in [3.05, 3.63) is 35.4 Å². The maximum atomic E-state index is 11.9. The van der Waals surface area contributed by atoms with E-state index in [9.17, 15) is 4.79 Å². The maximum Gasteiger partial charge on any atom is 0.253 e. The molecule has 1 aliphatic carbocycles. The molecule has 1 amide bonds. The normalized spacial score (nSPS) is 15.1. The quantitative estimate of drug-likeness (QED) is 0.425. The summed E-state index contributed by atoms with van der Waals surface area (Å²) in [5.74, 6) is 1.84. The number of nitrogens with one attached hydrogen (secondary N) is 2. The van der Waals surface area contributed by atoms with Gasteiger partial charge in [0.05, 0.1) is 0 Å². The third-order valence-electron chi connectivity index (χ3n) is 5.10. The summed E-state index contributed by atoms with van der Waals surface area (Å²) in [4.78, 5) is 17.8. The van der Waals surface area contributed by atoms with Gasteiger partial charge in [-0.3, -0.25) is 9.79 Å². The van der Waals surface area contributed by atoms with Gasteiger partial charge in [0.2, 0.25) is 0 Å². The first kappa shape index (κ1) is 20.3. The van der Waals surface area contributed by atoms with Crippen LogP contribution in [0.15, 0.2) is 29.3 Å². The molecular formula is C21H34N4O. The highest BCUT2D eigenvalue weighted by Crippen LogP contribution is 2.28. The molecule has 2 N–H and O–H groups in total. The number of nitrogens with zero attached hydrogens (tertiary/aromatic N) is 2. The van der Waals surface area contributed by atoms with E-state index in [1.165, 1.54) is 44.9 Å². The van der Waals surface area contributed by atoms with Crippen molar-refractivity contribution in [2.45, 2.75) is 51.5 Å². The van der Waals surface area contributed by atoms with Crippen molar-refractivity contribution in [3.63, 3.8) is 0 Å². The van der Waals surface area contributed by atoms with Gasteiger partial charge in [-0.15, -0.1) is 0 Å². The summed E-state index contributed by atoms with van der Waals surface area (Å²) in [6, 6.07) is 7.72. The van der Waals surface area contributed by atoms with Crippen LogP contribution >= 0.6 is 0 Å². The number of benzene rings is 1. The minimum atomic E-state index is 0.0274. The Morgan fingerprint density at radius 1 is 1.12 bits per heavy atom. The van der Waals surface area contributed by atoms with E-state index in [1.807, 2.05) is 24.3 Å². The zero-order valence-corrected chi connectivity index (χ0v) is 16.6. The first-order valence-electron chi connectivity index (χ1n) is 9.85. The standard InChI is InChI=1S/C21H34N4O/c1-22-21(23-15-7-6-10-17-8-4-5-9-17)24-16-18-11-13-19(14-12-18)20(26)25(2)3/h11-14,17H,4-10,15-16H2,1-3H3,(H2,22,23,24). The lowest BCUT2D eigenvalue weighted by Crippen LogP contribution is -2.37. The van der Waals surface area contributed by atoms with Crippen molar-refractivity contribution < 1.29 is 4.79 Å². The Labute approximate surface area is 158 Å². The third-order valence-corrected chi connectivity index (χ3v) is 5.10. The number of unbranched alkanes of at least 4 members (excludes halogenated alkanes) is 1. The molecule has 1 saturated carbocycles. The summed E-state index contributed by atoms with van der Waals surface area (Å²) in [5.41, 5.74) is 1.84. The molecule has 2 rings (SSSR count).